The summed E-state index contributed by atoms with van der Waals surface area (Å²) in [7, 11) is -4.60. The van der Waals surface area contributed by atoms with Crippen LogP contribution in [-0.2, 0) is 9.09 Å². The van der Waals surface area contributed by atoms with E-state index in [0.29, 0.717) is 0 Å². The van der Waals surface area contributed by atoms with Crippen LogP contribution in [0.25, 0.3) is 0 Å². The monoisotopic (exact) mass is 152 g/mol. The zero-order valence-corrected chi connectivity index (χ0v) is 5.01. The van der Waals surface area contributed by atoms with E-state index in [1.165, 1.54) is 0 Å². The van der Waals surface area contributed by atoms with Crippen molar-refractivity contribution in [1.82, 2.24) is 0 Å². The topological polar surface area (TPSA) is 66.8 Å². The van der Waals surface area contributed by atoms with Gasteiger partial charge in [-0.3, -0.25) is 4.52 Å². The van der Waals surface area contributed by atoms with E-state index in [2.05, 4.69) is 4.52 Å². The number of phosphoric ester groups is 1. The minimum atomic E-state index is -4.60. The molecule has 0 amide bonds. The number of phosphoric acid groups is 1. The molecule has 0 saturated carbocycles. The number of hydrogen-bond donors (Lipinski definition) is 2. The van der Waals surface area contributed by atoms with E-state index in [0.717, 1.165) is 6.92 Å². The van der Waals surface area contributed by atoms with Crippen molar-refractivity contribution in [3.05, 3.63) is 0 Å². The first-order valence-corrected chi connectivity index (χ1v) is 3.33. The Morgan fingerprint density at radius 3 is 2.00 bits per heavy atom. The molecule has 2 N–H and O–H groups in total. The van der Waals surface area contributed by atoms with E-state index in [4.69, 9.17) is 9.79 Å². The molecule has 9 heavy (non-hydrogen) atoms. The summed E-state index contributed by atoms with van der Waals surface area (Å²) in [5.74, 6) is 0. The Bertz CT molecular complexity index is 111. The van der Waals surface area contributed by atoms with Gasteiger partial charge in [-0.15, -0.1) is 0 Å². The van der Waals surface area contributed by atoms with Crippen molar-refractivity contribution in [2.45, 2.75) is 13.3 Å². The molecule has 0 aromatic rings. The molecule has 0 spiro atoms. The molecule has 0 aromatic carbocycles. The van der Waals surface area contributed by atoms with Gasteiger partial charge in [0.25, 0.3) is 0 Å². The fraction of sp³-hybridized carbons (Fsp3) is 1.00. The summed E-state index contributed by atoms with van der Waals surface area (Å²) >= 11 is 0. The zero-order valence-electron chi connectivity index (χ0n) is 4.11. The second-order valence-corrected chi connectivity index (χ2v) is 2.33. The molecule has 0 aliphatic rings. The summed E-state index contributed by atoms with van der Waals surface area (Å²) in [5.41, 5.74) is 0. The SMILES string of the molecule is CC(F)OP(=O)(O)O.[LiH]. The average Bonchev–Trinajstić information content (AvgIpc) is 1.21. The van der Waals surface area contributed by atoms with Crippen LogP contribution in [0.5, 0.6) is 0 Å². The number of halogens is 1. The van der Waals surface area contributed by atoms with Crippen LogP contribution in [0.15, 0.2) is 0 Å². The Morgan fingerprint density at radius 2 is 2.00 bits per heavy atom. The van der Waals surface area contributed by atoms with Crippen LogP contribution < -0.4 is 0 Å². The van der Waals surface area contributed by atoms with Crippen LogP contribution in [0.4, 0.5) is 4.39 Å². The van der Waals surface area contributed by atoms with E-state index in [1.807, 2.05) is 0 Å². The second kappa shape index (κ2) is 4.45. The number of hydrogen-bond acceptors (Lipinski definition) is 2. The van der Waals surface area contributed by atoms with Crippen LogP contribution in [-0.4, -0.2) is 35.0 Å². The van der Waals surface area contributed by atoms with Crippen LogP contribution in [0, 0.1) is 0 Å². The molecule has 0 aliphatic carbocycles. The van der Waals surface area contributed by atoms with Crippen molar-refractivity contribution in [2.75, 3.05) is 0 Å². The van der Waals surface area contributed by atoms with Gasteiger partial charge in [0, 0.05) is 0 Å². The van der Waals surface area contributed by atoms with E-state index < -0.39 is 14.2 Å². The summed E-state index contributed by atoms with van der Waals surface area (Å²) in [6, 6.07) is 0. The summed E-state index contributed by atoms with van der Waals surface area (Å²) < 4.78 is 24.6. The van der Waals surface area contributed by atoms with Crippen LogP contribution in [0.2, 0.25) is 0 Å². The zero-order chi connectivity index (χ0) is 6.78. The molecule has 0 heterocycles. The molecule has 0 bridgehead atoms. The third-order valence-corrected chi connectivity index (χ3v) is 0.848. The summed E-state index contributed by atoms with van der Waals surface area (Å²) in [6.07, 6.45) is -1.92. The Kier molecular flexibility index (Phi) is 6.10. The molecule has 0 aromatic heterocycles. The first-order chi connectivity index (χ1) is 3.42. The van der Waals surface area contributed by atoms with Gasteiger partial charge in [0.15, 0.2) is 0 Å². The van der Waals surface area contributed by atoms with Gasteiger partial charge >= 0.3 is 26.7 Å². The Morgan fingerprint density at radius 1 is 1.67 bits per heavy atom. The first kappa shape index (κ1) is 12.3. The quantitative estimate of drug-likeness (QED) is 0.423. The van der Waals surface area contributed by atoms with Gasteiger partial charge in [-0.1, -0.05) is 0 Å². The first-order valence-electron chi connectivity index (χ1n) is 1.80. The van der Waals surface area contributed by atoms with Crippen molar-refractivity contribution in [2.24, 2.45) is 0 Å². The van der Waals surface area contributed by atoms with Crippen molar-refractivity contribution in [1.29, 1.82) is 0 Å². The Hall–Kier alpha value is 0.637. The van der Waals surface area contributed by atoms with Crippen molar-refractivity contribution in [3.8, 4) is 0 Å². The standard InChI is InChI=1S/C2H6FO4P.Li.H/c1-2(3)7-8(4,5)6;;/h2H,1H3,(H2,4,5,6);;. The van der Waals surface area contributed by atoms with Crippen molar-refractivity contribution < 1.29 is 23.3 Å². The van der Waals surface area contributed by atoms with Crippen LogP contribution >= 0.6 is 7.82 Å². The molecule has 0 aliphatic heterocycles. The molecular formula is C2H7FLiO4P. The van der Waals surface area contributed by atoms with Crippen molar-refractivity contribution in [3.63, 3.8) is 0 Å². The number of alkyl halides is 1. The van der Waals surface area contributed by atoms with Gasteiger partial charge in [-0.05, 0) is 6.92 Å². The molecule has 0 saturated heterocycles. The molecule has 52 valence electrons. The molecule has 0 fully saturated rings. The predicted octanol–water partition coefficient (Wildman–Crippen LogP) is -0.237. The van der Waals surface area contributed by atoms with Crippen LogP contribution in [0.1, 0.15) is 6.92 Å². The Balaban J connectivity index is 0. The second-order valence-electron chi connectivity index (χ2n) is 1.14. The molecular weight excluding hydrogens is 145 g/mol. The summed E-state index contributed by atoms with van der Waals surface area (Å²) in [4.78, 5) is 15.7. The van der Waals surface area contributed by atoms with Gasteiger partial charge in [0.2, 0.25) is 6.36 Å². The Labute approximate surface area is 63.8 Å². The molecule has 1 atom stereocenters. The normalized spacial score (nSPS) is 14.2. The van der Waals surface area contributed by atoms with Gasteiger partial charge in [-0.2, -0.15) is 0 Å². The maximum atomic E-state index is 11.5. The third kappa shape index (κ3) is 12.0. The van der Waals surface area contributed by atoms with Gasteiger partial charge in [-0.25, -0.2) is 8.96 Å². The van der Waals surface area contributed by atoms with E-state index in [9.17, 15) is 8.96 Å². The average molecular weight is 152 g/mol. The summed E-state index contributed by atoms with van der Waals surface area (Å²) in [6.45, 7) is 0.888. The fourth-order valence-corrected chi connectivity index (χ4v) is 0.568. The van der Waals surface area contributed by atoms with Gasteiger partial charge in [0.1, 0.15) is 0 Å². The predicted molar refractivity (Wildman–Crippen MR) is 30.8 cm³/mol. The molecule has 0 rings (SSSR count). The van der Waals surface area contributed by atoms with Crippen LogP contribution in [0.3, 0.4) is 0 Å². The minimum absolute atomic E-state index is 0. The van der Waals surface area contributed by atoms with Crippen molar-refractivity contribution >= 4 is 26.7 Å². The maximum absolute atomic E-state index is 11.5. The van der Waals surface area contributed by atoms with Gasteiger partial charge in [0.05, 0.1) is 0 Å². The van der Waals surface area contributed by atoms with E-state index in [1.54, 1.807) is 0 Å². The van der Waals surface area contributed by atoms with E-state index >= 15 is 0 Å². The van der Waals surface area contributed by atoms with Gasteiger partial charge < -0.3 is 9.79 Å². The van der Waals surface area contributed by atoms with E-state index in [-0.39, 0.29) is 18.9 Å². The molecule has 4 nitrogen and oxygen atoms in total. The molecule has 7 heteroatoms. The fourth-order valence-electron chi connectivity index (χ4n) is 0.189. The molecule has 0 radical (unpaired) electrons. The summed E-state index contributed by atoms with van der Waals surface area (Å²) in [5, 5.41) is 0. The number of rotatable bonds is 2. The third-order valence-electron chi connectivity index (χ3n) is 0.283. The molecule has 1 unspecified atom stereocenters.